The van der Waals surface area contributed by atoms with Gasteiger partial charge in [0, 0.05) is 25.0 Å². The van der Waals surface area contributed by atoms with Gasteiger partial charge < -0.3 is 10.2 Å². The van der Waals surface area contributed by atoms with E-state index in [0.29, 0.717) is 11.4 Å². The topological polar surface area (TPSA) is 83.6 Å². The fourth-order valence-corrected chi connectivity index (χ4v) is 4.70. The van der Waals surface area contributed by atoms with Crippen LogP contribution in [-0.2, 0) is 19.4 Å². The Bertz CT molecular complexity index is 718. The molecule has 2 rings (SSSR count). The van der Waals surface area contributed by atoms with Crippen LogP contribution in [0.15, 0.2) is 24.3 Å². The van der Waals surface area contributed by atoms with Gasteiger partial charge in [-0.1, -0.05) is 23.7 Å². The minimum Gasteiger partial charge on any atom is -0.349 e. The highest BCUT2D eigenvalue weighted by Gasteiger charge is 2.33. The summed E-state index contributed by atoms with van der Waals surface area (Å²) >= 11 is 5.87. The van der Waals surface area contributed by atoms with Gasteiger partial charge in [0.1, 0.15) is 0 Å². The van der Waals surface area contributed by atoms with Crippen LogP contribution in [0.2, 0.25) is 5.02 Å². The first-order valence-electron chi connectivity index (χ1n) is 7.66. The van der Waals surface area contributed by atoms with Gasteiger partial charge in [0.2, 0.25) is 11.8 Å². The third-order valence-electron chi connectivity index (χ3n) is 4.18. The number of rotatable bonds is 5. The normalized spacial score (nSPS) is 20.4. The average molecular weight is 373 g/mol. The SMILES string of the molecule is CC(=O)N[C@H](CC(=O)N(C)[C@@H]1CCS(=O)(=O)C1)c1ccc(Cl)cc1. The van der Waals surface area contributed by atoms with Crippen LogP contribution in [0.5, 0.6) is 0 Å². The molecule has 1 aliphatic rings. The first-order chi connectivity index (χ1) is 11.2. The van der Waals surface area contributed by atoms with Crippen molar-refractivity contribution in [1.29, 1.82) is 0 Å². The molecule has 132 valence electrons. The van der Waals surface area contributed by atoms with Crippen LogP contribution >= 0.6 is 11.6 Å². The molecule has 0 aromatic heterocycles. The fraction of sp³-hybridized carbons (Fsp3) is 0.500. The number of carbonyl (C=O) groups excluding carboxylic acids is 2. The van der Waals surface area contributed by atoms with Crippen LogP contribution in [0, 0.1) is 0 Å². The molecule has 1 N–H and O–H groups in total. The fourth-order valence-electron chi connectivity index (χ4n) is 2.80. The number of hydrogen-bond donors (Lipinski definition) is 1. The van der Waals surface area contributed by atoms with Crippen molar-refractivity contribution in [3.05, 3.63) is 34.9 Å². The van der Waals surface area contributed by atoms with Crippen molar-refractivity contribution in [3.8, 4) is 0 Å². The summed E-state index contributed by atoms with van der Waals surface area (Å²) in [5, 5.41) is 3.33. The molecule has 2 amide bonds. The highest BCUT2D eigenvalue weighted by molar-refractivity contribution is 7.91. The van der Waals surface area contributed by atoms with Gasteiger partial charge in [-0.05, 0) is 24.1 Å². The van der Waals surface area contributed by atoms with Crippen molar-refractivity contribution >= 4 is 33.3 Å². The Hall–Kier alpha value is -1.60. The van der Waals surface area contributed by atoms with Crippen molar-refractivity contribution in [1.82, 2.24) is 10.2 Å². The molecule has 1 aliphatic heterocycles. The Balaban J connectivity index is 2.09. The van der Waals surface area contributed by atoms with Crippen molar-refractivity contribution in [3.63, 3.8) is 0 Å². The van der Waals surface area contributed by atoms with Crippen molar-refractivity contribution in [2.75, 3.05) is 18.6 Å². The second-order valence-electron chi connectivity index (χ2n) is 6.07. The van der Waals surface area contributed by atoms with E-state index in [1.165, 1.54) is 11.8 Å². The lowest BCUT2D eigenvalue weighted by molar-refractivity contribution is -0.132. The summed E-state index contributed by atoms with van der Waals surface area (Å²) in [5.74, 6) is -0.331. The predicted octanol–water partition coefficient (Wildman–Crippen LogP) is 1.55. The number of halogens is 1. The van der Waals surface area contributed by atoms with Crippen LogP contribution < -0.4 is 5.32 Å². The highest BCUT2D eigenvalue weighted by atomic mass is 35.5. The molecule has 1 aromatic carbocycles. The number of benzene rings is 1. The van der Waals surface area contributed by atoms with Crippen LogP contribution in [-0.4, -0.2) is 49.7 Å². The zero-order valence-corrected chi connectivity index (χ0v) is 15.2. The zero-order valence-electron chi connectivity index (χ0n) is 13.7. The lowest BCUT2D eigenvalue weighted by atomic mass is 10.0. The molecule has 1 fully saturated rings. The summed E-state index contributed by atoms with van der Waals surface area (Å²) in [5.41, 5.74) is 0.774. The minimum atomic E-state index is -3.06. The molecule has 0 radical (unpaired) electrons. The summed E-state index contributed by atoms with van der Waals surface area (Å²) in [6.45, 7) is 1.39. The van der Waals surface area contributed by atoms with E-state index in [4.69, 9.17) is 11.6 Å². The van der Waals surface area contributed by atoms with Crippen molar-refractivity contribution in [2.24, 2.45) is 0 Å². The van der Waals surface area contributed by atoms with Gasteiger partial charge >= 0.3 is 0 Å². The second-order valence-corrected chi connectivity index (χ2v) is 8.74. The number of sulfone groups is 1. The summed E-state index contributed by atoms with van der Waals surface area (Å²) in [6, 6.07) is 6.14. The smallest absolute Gasteiger partial charge is 0.225 e. The van der Waals surface area contributed by atoms with Gasteiger partial charge in [-0.25, -0.2) is 8.42 Å². The number of amides is 2. The molecule has 0 bridgehead atoms. The molecule has 1 saturated heterocycles. The first kappa shape index (κ1) is 18.7. The van der Waals surface area contributed by atoms with E-state index < -0.39 is 15.9 Å². The van der Waals surface area contributed by atoms with Crippen LogP contribution in [0.3, 0.4) is 0 Å². The molecule has 0 spiro atoms. The summed E-state index contributed by atoms with van der Waals surface area (Å²) in [7, 11) is -1.45. The van der Waals surface area contributed by atoms with E-state index in [9.17, 15) is 18.0 Å². The Labute approximate surface area is 147 Å². The Kier molecular flexibility index (Phi) is 5.87. The molecule has 0 saturated carbocycles. The third-order valence-corrected chi connectivity index (χ3v) is 6.18. The van der Waals surface area contributed by atoms with Gasteiger partial charge in [0.05, 0.1) is 24.0 Å². The summed E-state index contributed by atoms with van der Waals surface area (Å²) < 4.78 is 23.2. The molecule has 2 atom stereocenters. The van der Waals surface area contributed by atoms with Gasteiger partial charge in [-0.2, -0.15) is 0 Å². The zero-order chi connectivity index (χ0) is 17.9. The van der Waals surface area contributed by atoms with Gasteiger partial charge in [-0.3, -0.25) is 9.59 Å². The van der Waals surface area contributed by atoms with E-state index in [-0.39, 0.29) is 35.8 Å². The standard InChI is InChI=1S/C16H21ClN2O4S/c1-11(20)18-15(12-3-5-13(17)6-4-12)9-16(21)19(2)14-7-8-24(22,23)10-14/h3-6,14-15H,7-10H2,1-2H3,(H,18,20)/t14-,15-/m1/s1. The number of hydrogen-bond acceptors (Lipinski definition) is 4. The maximum Gasteiger partial charge on any atom is 0.225 e. The van der Waals surface area contributed by atoms with E-state index in [2.05, 4.69) is 5.32 Å². The minimum absolute atomic E-state index is 0.000981. The molecular weight excluding hydrogens is 352 g/mol. The van der Waals surface area contributed by atoms with Crippen molar-refractivity contribution < 1.29 is 18.0 Å². The maximum absolute atomic E-state index is 12.5. The molecule has 1 aromatic rings. The largest absolute Gasteiger partial charge is 0.349 e. The number of nitrogens with zero attached hydrogens (tertiary/aromatic N) is 1. The maximum atomic E-state index is 12.5. The summed E-state index contributed by atoms with van der Waals surface area (Å²) in [6.07, 6.45) is 0.518. The Morgan fingerprint density at radius 2 is 1.96 bits per heavy atom. The molecule has 0 aliphatic carbocycles. The summed E-state index contributed by atoms with van der Waals surface area (Å²) in [4.78, 5) is 25.5. The monoisotopic (exact) mass is 372 g/mol. The van der Waals surface area contributed by atoms with Crippen LogP contribution in [0.25, 0.3) is 0 Å². The predicted molar refractivity (Wildman–Crippen MR) is 92.5 cm³/mol. The first-order valence-corrected chi connectivity index (χ1v) is 9.86. The second kappa shape index (κ2) is 7.53. The molecule has 1 heterocycles. The van der Waals surface area contributed by atoms with Crippen LogP contribution in [0.1, 0.15) is 31.4 Å². The van der Waals surface area contributed by atoms with E-state index in [1.54, 1.807) is 31.3 Å². The quantitative estimate of drug-likeness (QED) is 0.850. The van der Waals surface area contributed by atoms with E-state index in [1.807, 2.05) is 0 Å². The van der Waals surface area contributed by atoms with Gasteiger partial charge in [-0.15, -0.1) is 0 Å². The molecule has 8 heteroatoms. The van der Waals surface area contributed by atoms with Gasteiger partial charge in [0.15, 0.2) is 9.84 Å². The van der Waals surface area contributed by atoms with Crippen LogP contribution in [0.4, 0.5) is 0 Å². The Morgan fingerprint density at radius 3 is 2.46 bits per heavy atom. The lowest BCUT2D eigenvalue weighted by Crippen LogP contribution is -2.40. The van der Waals surface area contributed by atoms with Crippen molar-refractivity contribution in [2.45, 2.75) is 31.8 Å². The van der Waals surface area contributed by atoms with E-state index >= 15 is 0 Å². The third kappa shape index (κ3) is 4.95. The molecule has 0 unspecified atom stereocenters. The number of nitrogens with one attached hydrogen (secondary N) is 1. The molecule has 6 nitrogen and oxygen atoms in total. The Morgan fingerprint density at radius 1 is 1.33 bits per heavy atom. The number of carbonyl (C=O) groups is 2. The average Bonchev–Trinajstić information content (AvgIpc) is 2.86. The highest BCUT2D eigenvalue weighted by Crippen LogP contribution is 2.23. The molecular formula is C16H21ClN2O4S. The lowest BCUT2D eigenvalue weighted by Gasteiger charge is -2.26. The molecule has 24 heavy (non-hydrogen) atoms. The van der Waals surface area contributed by atoms with Gasteiger partial charge in [0.25, 0.3) is 0 Å². The van der Waals surface area contributed by atoms with E-state index in [0.717, 1.165) is 5.56 Å².